The summed E-state index contributed by atoms with van der Waals surface area (Å²) in [4.78, 5) is 0. The minimum absolute atomic E-state index is 0.951. The van der Waals surface area contributed by atoms with Crippen LogP contribution in [0.3, 0.4) is 0 Å². The van der Waals surface area contributed by atoms with Crippen molar-refractivity contribution in [2.45, 2.75) is 46.0 Å². The van der Waals surface area contributed by atoms with E-state index in [9.17, 15) is 0 Å². The number of hydrogen-bond acceptors (Lipinski definition) is 0. The summed E-state index contributed by atoms with van der Waals surface area (Å²) in [6.45, 7) is 4.59. The summed E-state index contributed by atoms with van der Waals surface area (Å²) in [6.07, 6.45) is 9.25. The molecule has 1 aliphatic carbocycles. The smallest absolute Gasteiger partial charge is 0.0294 e. The van der Waals surface area contributed by atoms with E-state index in [2.05, 4.69) is 19.9 Å². The first kappa shape index (κ1) is 7.84. The molecule has 0 amide bonds. The predicted octanol–water partition coefficient (Wildman–Crippen LogP) is 3.53. The Bertz CT molecular complexity index is 122. The summed E-state index contributed by atoms with van der Waals surface area (Å²) >= 11 is 0. The van der Waals surface area contributed by atoms with Crippen molar-refractivity contribution in [1.29, 1.82) is 0 Å². The Balaban J connectivity index is 2.39. The fourth-order valence-corrected chi connectivity index (χ4v) is 1.80. The highest BCUT2D eigenvalue weighted by molar-refractivity contribution is 5.04. The highest BCUT2D eigenvalue weighted by Crippen LogP contribution is 2.27. The lowest BCUT2D eigenvalue weighted by atomic mass is 9.86. The molecule has 0 N–H and O–H groups in total. The molecule has 0 bridgehead atoms. The van der Waals surface area contributed by atoms with Crippen LogP contribution in [0.15, 0.2) is 11.6 Å². The molecule has 0 aromatic heterocycles. The zero-order valence-corrected chi connectivity index (χ0v) is 7.19. The van der Waals surface area contributed by atoms with Gasteiger partial charge in [-0.25, -0.2) is 0 Å². The minimum Gasteiger partial charge on any atom is -0.0856 e. The van der Waals surface area contributed by atoms with Gasteiger partial charge in [-0.1, -0.05) is 31.9 Å². The maximum Gasteiger partial charge on any atom is -0.0294 e. The van der Waals surface area contributed by atoms with Gasteiger partial charge in [0.1, 0.15) is 0 Å². The second-order valence-electron chi connectivity index (χ2n) is 3.47. The molecular formula is C10H18. The largest absolute Gasteiger partial charge is 0.0856 e. The Morgan fingerprint density at radius 2 is 2.40 bits per heavy atom. The monoisotopic (exact) mass is 138 g/mol. The van der Waals surface area contributed by atoms with Crippen LogP contribution < -0.4 is 0 Å². The van der Waals surface area contributed by atoms with Crippen LogP contribution in [0.25, 0.3) is 0 Å². The lowest BCUT2D eigenvalue weighted by Gasteiger charge is -2.20. The summed E-state index contributed by atoms with van der Waals surface area (Å²) in [5, 5.41) is 0. The van der Waals surface area contributed by atoms with Crippen LogP contribution in [0.4, 0.5) is 0 Å². The average molecular weight is 138 g/mol. The third-order valence-corrected chi connectivity index (χ3v) is 2.30. The average Bonchev–Trinajstić information content (AvgIpc) is 1.88. The second kappa shape index (κ2) is 3.80. The van der Waals surface area contributed by atoms with Crippen molar-refractivity contribution in [3.05, 3.63) is 11.6 Å². The lowest BCUT2D eigenvalue weighted by molar-refractivity contribution is 0.452. The predicted molar refractivity (Wildman–Crippen MR) is 46.0 cm³/mol. The van der Waals surface area contributed by atoms with Gasteiger partial charge in [0.05, 0.1) is 0 Å². The lowest BCUT2D eigenvalue weighted by Crippen LogP contribution is -2.03. The maximum atomic E-state index is 2.41. The Morgan fingerprint density at radius 1 is 1.60 bits per heavy atom. The van der Waals surface area contributed by atoms with E-state index < -0.39 is 0 Å². The molecule has 0 spiro atoms. The summed E-state index contributed by atoms with van der Waals surface area (Å²) < 4.78 is 0. The first-order valence-corrected chi connectivity index (χ1v) is 4.50. The van der Waals surface area contributed by atoms with E-state index in [1.54, 1.807) is 5.57 Å². The van der Waals surface area contributed by atoms with Crippen LogP contribution in [0.1, 0.15) is 46.0 Å². The molecule has 1 saturated carbocycles. The van der Waals surface area contributed by atoms with E-state index in [0.717, 1.165) is 5.92 Å². The molecule has 0 aromatic rings. The Labute approximate surface area is 64.3 Å². The molecule has 0 heteroatoms. The van der Waals surface area contributed by atoms with E-state index in [-0.39, 0.29) is 0 Å². The summed E-state index contributed by atoms with van der Waals surface area (Å²) in [7, 11) is 0. The van der Waals surface area contributed by atoms with E-state index in [1.807, 2.05) is 0 Å². The van der Waals surface area contributed by atoms with Gasteiger partial charge in [0.2, 0.25) is 0 Å². The van der Waals surface area contributed by atoms with Crippen molar-refractivity contribution in [2.24, 2.45) is 5.92 Å². The van der Waals surface area contributed by atoms with Crippen molar-refractivity contribution in [2.75, 3.05) is 0 Å². The van der Waals surface area contributed by atoms with Gasteiger partial charge in [0, 0.05) is 0 Å². The van der Waals surface area contributed by atoms with Gasteiger partial charge in [-0.3, -0.25) is 0 Å². The van der Waals surface area contributed by atoms with Crippen molar-refractivity contribution in [3.63, 3.8) is 0 Å². The highest BCUT2D eigenvalue weighted by atomic mass is 14.2. The second-order valence-corrected chi connectivity index (χ2v) is 3.47. The summed E-state index contributed by atoms with van der Waals surface area (Å²) in [6, 6.07) is 0. The quantitative estimate of drug-likeness (QED) is 0.486. The van der Waals surface area contributed by atoms with Crippen LogP contribution in [0, 0.1) is 5.92 Å². The topological polar surface area (TPSA) is 0 Å². The molecular weight excluding hydrogens is 120 g/mol. The van der Waals surface area contributed by atoms with Gasteiger partial charge in [-0.15, -0.1) is 0 Å². The Kier molecular flexibility index (Phi) is 2.98. The van der Waals surface area contributed by atoms with Crippen LogP contribution in [-0.4, -0.2) is 0 Å². The van der Waals surface area contributed by atoms with E-state index in [1.165, 1.54) is 32.1 Å². The number of allylic oxidation sites excluding steroid dienone is 2. The molecule has 0 saturated heterocycles. The summed E-state index contributed by atoms with van der Waals surface area (Å²) in [5.74, 6) is 0.951. The highest BCUT2D eigenvalue weighted by Gasteiger charge is 2.11. The first-order chi connectivity index (χ1) is 4.83. The van der Waals surface area contributed by atoms with E-state index >= 15 is 0 Å². The molecule has 0 nitrogen and oxygen atoms in total. The number of rotatable bonds is 1. The maximum absolute atomic E-state index is 2.41. The van der Waals surface area contributed by atoms with Gasteiger partial charge in [0.15, 0.2) is 0 Å². The van der Waals surface area contributed by atoms with Crippen molar-refractivity contribution in [3.8, 4) is 0 Å². The Morgan fingerprint density at radius 3 is 3.00 bits per heavy atom. The summed E-state index contributed by atoms with van der Waals surface area (Å²) in [5.41, 5.74) is 1.71. The van der Waals surface area contributed by atoms with E-state index in [0.29, 0.717) is 0 Å². The Hall–Kier alpha value is -0.260. The zero-order chi connectivity index (χ0) is 7.40. The van der Waals surface area contributed by atoms with Gasteiger partial charge in [-0.05, 0) is 31.6 Å². The first-order valence-electron chi connectivity index (χ1n) is 4.50. The van der Waals surface area contributed by atoms with Crippen LogP contribution in [0.2, 0.25) is 0 Å². The van der Waals surface area contributed by atoms with Crippen LogP contribution in [0.5, 0.6) is 0 Å². The molecule has 58 valence electrons. The van der Waals surface area contributed by atoms with Crippen molar-refractivity contribution >= 4 is 0 Å². The van der Waals surface area contributed by atoms with Crippen molar-refractivity contribution < 1.29 is 0 Å². The van der Waals surface area contributed by atoms with Gasteiger partial charge < -0.3 is 0 Å². The fourth-order valence-electron chi connectivity index (χ4n) is 1.80. The molecule has 0 aromatic carbocycles. The molecule has 0 heterocycles. The molecule has 1 unspecified atom stereocenters. The minimum atomic E-state index is 0.951. The molecule has 1 atom stereocenters. The van der Waals surface area contributed by atoms with Crippen LogP contribution in [-0.2, 0) is 0 Å². The zero-order valence-electron chi connectivity index (χ0n) is 7.19. The molecule has 0 radical (unpaired) electrons. The molecule has 10 heavy (non-hydrogen) atoms. The molecule has 1 rings (SSSR count). The normalized spacial score (nSPS) is 31.0. The SMILES string of the molecule is CC/C=C1/CCCC(C)C1. The third-order valence-electron chi connectivity index (χ3n) is 2.30. The standard InChI is InChI=1S/C10H18/c1-3-5-10-7-4-6-9(2)8-10/h5,9H,3-4,6-8H2,1-2H3/b10-5-. The van der Waals surface area contributed by atoms with Crippen LogP contribution >= 0.6 is 0 Å². The molecule has 1 fully saturated rings. The van der Waals surface area contributed by atoms with Gasteiger partial charge in [0.25, 0.3) is 0 Å². The molecule has 0 aliphatic heterocycles. The van der Waals surface area contributed by atoms with Gasteiger partial charge >= 0.3 is 0 Å². The number of hydrogen-bond donors (Lipinski definition) is 0. The van der Waals surface area contributed by atoms with Gasteiger partial charge in [-0.2, -0.15) is 0 Å². The van der Waals surface area contributed by atoms with Crippen molar-refractivity contribution in [1.82, 2.24) is 0 Å². The fraction of sp³-hybridized carbons (Fsp3) is 0.800. The third kappa shape index (κ3) is 2.17. The van der Waals surface area contributed by atoms with E-state index in [4.69, 9.17) is 0 Å². The molecule has 1 aliphatic rings.